The monoisotopic (exact) mass is 242 g/mol. The second-order valence-electron chi connectivity index (χ2n) is 3.61. The Morgan fingerprint density at radius 3 is 2.18 bits per heavy atom. The first-order valence-corrected chi connectivity index (χ1v) is 5.15. The maximum Gasteiger partial charge on any atom is 0.414 e. The Morgan fingerprint density at radius 1 is 1.29 bits per heavy atom. The molecule has 0 spiro atoms. The van der Waals surface area contributed by atoms with Gasteiger partial charge in [0.25, 0.3) is 0 Å². The van der Waals surface area contributed by atoms with Crippen LogP contribution in [0, 0.1) is 6.92 Å². The summed E-state index contributed by atoms with van der Waals surface area (Å²) in [6, 6.07) is 1.99. The van der Waals surface area contributed by atoms with Crippen LogP contribution in [0.4, 0.5) is 5.88 Å². The van der Waals surface area contributed by atoms with Crippen molar-refractivity contribution in [2.75, 3.05) is 18.0 Å². The number of aliphatic carboxylic acids is 2. The van der Waals surface area contributed by atoms with E-state index in [0.29, 0.717) is 0 Å². The number of carboxylic acids is 2. The van der Waals surface area contributed by atoms with Crippen molar-refractivity contribution in [1.82, 2.24) is 5.16 Å². The molecule has 1 aliphatic heterocycles. The van der Waals surface area contributed by atoms with Crippen LogP contribution in [0.3, 0.4) is 0 Å². The Balaban J connectivity index is 0.000000209. The van der Waals surface area contributed by atoms with Crippen LogP contribution in [-0.2, 0) is 9.59 Å². The molecular weight excluding hydrogens is 228 g/mol. The average Bonchev–Trinajstić information content (AvgIpc) is 2.88. The largest absolute Gasteiger partial charge is 0.473 e. The van der Waals surface area contributed by atoms with Crippen LogP contribution in [0.15, 0.2) is 10.6 Å². The summed E-state index contributed by atoms with van der Waals surface area (Å²) in [5.74, 6) is -2.72. The lowest BCUT2D eigenvalue weighted by Crippen LogP contribution is -2.16. The average molecular weight is 242 g/mol. The number of nitrogens with zero attached hydrogens (tertiary/aromatic N) is 2. The zero-order valence-electron chi connectivity index (χ0n) is 9.42. The number of aromatic nitrogens is 1. The number of aryl methyl sites for hydroxylation is 1. The number of rotatable bonds is 1. The van der Waals surface area contributed by atoms with Crippen LogP contribution in [0.25, 0.3) is 0 Å². The van der Waals surface area contributed by atoms with Gasteiger partial charge in [0, 0.05) is 19.2 Å². The molecule has 1 aromatic rings. The van der Waals surface area contributed by atoms with Gasteiger partial charge in [-0.1, -0.05) is 5.16 Å². The van der Waals surface area contributed by atoms with Crippen LogP contribution in [-0.4, -0.2) is 40.4 Å². The predicted octanol–water partition coefficient (Wildman–Crippen LogP) is 0.739. The fourth-order valence-electron chi connectivity index (χ4n) is 1.44. The van der Waals surface area contributed by atoms with Gasteiger partial charge in [0.05, 0.1) is 5.69 Å². The smallest absolute Gasteiger partial charge is 0.414 e. The number of hydrogen-bond acceptors (Lipinski definition) is 5. The van der Waals surface area contributed by atoms with Gasteiger partial charge in [-0.05, 0) is 19.8 Å². The number of anilines is 1. The molecule has 0 aromatic carbocycles. The number of carbonyl (C=O) groups is 2. The molecule has 94 valence electrons. The molecule has 1 aliphatic rings. The van der Waals surface area contributed by atoms with Gasteiger partial charge >= 0.3 is 11.9 Å². The van der Waals surface area contributed by atoms with Gasteiger partial charge in [-0.2, -0.15) is 0 Å². The van der Waals surface area contributed by atoms with Crippen molar-refractivity contribution in [2.24, 2.45) is 0 Å². The molecule has 1 aromatic heterocycles. The number of carboxylic acid groups (broad SMARTS) is 2. The van der Waals surface area contributed by atoms with E-state index in [-0.39, 0.29) is 0 Å². The topological polar surface area (TPSA) is 104 Å². The Hall–Kier alpha value is -2.05. The van der Waals surface area contributed by atoms with Gasteiger partial charge < -0.3 is 19.6 Å². The van der Waals surface area contributed by atoms with E-state index in [1.54, 1.807) is 0 Å². The van der Waals surface area contributed by atoms with Crippen molar-refractivity contribution in [2.45, 2.75) is 19.8 Å². The summed E-state index contributed by atoms with van der Waals surface area (Å²) >= 11 is 0. The van der Waals surface area contributed by atoms with Crippen LogP contribution in [0.5, 0.6) is 0 Å². The van der Waals surface area contributed by atoms with Crippen molar-refractivity contribution < 1.29 is 24.3 Å². The molecule has 1 saturated heterocycles. The van der Waals surface area contributed by atoms with Crippen molar-refractivity contribution in [3.63, 3.8) is 0 Å². The summed E-state index contributed by atoms with van der Waals surface area (Å²) in [4.78, 5) is 20.4. The minimum atomic E-state index is -1.82. The lowest BCUT2D eigenvalue weighted by molar-refractivity contribution is -0.159. The van der Waals surface area contributed by atoms with Crippen molar-refractivity contribution in [3.05, 3.63) is 11.8 Å². The highest BCUT2D eigenvalue weighted by Gasteiger charge is 2.15. The molecule has 2 rings (SSSR count). The van der Waals surface area contributed by atoms with Crippen LogP contribution >= 0.6 is 0 Å². The first-order chi connectivity index (χ1) is 8.00. The Kier molecular flexibility index (Phi) is 4.50. The SMILES string of the molecule is Cc1cc(N2CCCC2)on1.O=C(O)C(=O)O. The summed E-state index contributed by atoms with van der Waals surface area (Å²) in [7, 11) is 0. The zero-order valence-corrected chi connectivity index (χ0v) is 9.42. The van der Waals surface area contributed by atoms with Crippen molar-refractivity contribution in [3.8, 4) is 0 Å². The first-order valence-electron chi connectivity index (χ1n) is 5.15. The summed E-state index contributed by atoms with van der Waals surface area (Å²) < 4.78 is 5.12. The van der Waals surface area contributed by atoms with Gasteiger partial charge in [0.2, 0.25) is 5.88 Å². The fraction of sp³-hybridized carbons (Fsp3) is 0.500. The summed E-state index contributed by atoms with van der Waals surface area (Å²) in [5, 5.41) is 18.6. The second kappa shape index (κ2) is 5.88. The zero-order chi connectivity index (χ0) is 12.8. The number of hydrogen-bond donors (Lipinski definition) is 2. The third kappa shape index (κ3) is 4.13. The Bertz CT molecular complexity index is 383. The molecule has 0 unspecified atom stereocenters. The normalized spacial score (nSPS) is 14.1. The summed E-state index contributed by atoms with van der Waals surface area (Å²) in [6.07, 6.45) is 2.56. The molecule has 0 amide bonds. The van der Waals surface area contributed by atoms with Crippen LogP contribution in [0.2, 0.25) is 0 Å². The standard InChI is InChI=1S/C8H12N2O.C2H2O4/c1-7-6-8(11-9-7)10-4-2-3-5-10;3-1(4)2(5)6/h6H,2-5H2,1H3;(H,3,4)(H,5,6). The maximum atomic E-state index is 9.10. The summed E-state index contributed by atoms with van der Waals surface area (Å²) in [6.45, 7) is 4.19. The van der Waals surface area contributed by atoms with Gasteiger partial charge in [-0.25, -0.2) is 9.59 Å². The quantitative estimate of drug-likeness (QED) is 0.700. The molecule has 7 nitrogen and oxygen atoms in total. The highest BCUT2D eigenvalue weighted by atomic mass is 16.5. The van der Waals surface area contributed by atoms with E-state index in [2.05, 4.69) is 10.1 Å². The van der Waals surface area contributed by atoms with E-state index in [9.17, 15) is 0 Å². The highest BCUT2D eigenvalue weighted by Crippen LogP contribution is 2.20. The Morgan fingerprint density at radius 2 is 1.82 bits per heavy atom. The van der Waals surface area contributed by atoms with E-state index in [4.69, 9.17) is 24.3 Å². The maximum absolute atomic E-state index is 9.10. The molecule has 0 atom stereocenters. The molecule has 0 radical (unpaired) electrons. The lowest BCUT2D eigenvalue weighted by atomic mass is 10.4. The van der Waals surface area contributed by atoms with Gasteiger partial charge in [0.15, 0.2) is 0 Å². The van der Waals surface area contributed by atoms with E-state index in [1.165, 1.54) is 12.8 Å². The van der Waals surface area contributed by atoms with E-state index in [1.807, 2.05) is 13.0 Å². The van der Waals surface area contributed by atoms with Crippen molar-refractivity contribution in [1.29, 1.82) is 0 Å². The molecule has 2 N–H and O–H groups in total. The van der Waals surface area contributed by atoms with Gasteiger partial charge in [-0.15, -0.1) is 0 Å². The van der Waals surface area contributed by atoms with Crippen LogP contribution in [0.1, 0.15) is 18.5 Å². The van der Waals surface area contributed by atoms with E-state index >= 15 is 0 Å². The summed E-state index contributed by atoms with van der Waals surface area (Å²) in [5.41, 5.74) is 0.965. The molecular formula is C10H14N2O5. The molecule has 1 fully saturated rings. The first kappa shape index (κ1) is 13.0. The molecule has 0 aliphatic carbocycles. The minimum absolute atomic E-state index is 0.931. The van der Waals surface area contributed by atoms with Crippen LogP contribution < -0.4 is 4.90 Å². The minimum Gasteiger partial charge on any atom is -0.473 e. The predicted molar refractivity (Wildman–Crippen MR) is 58.0 cm³/mol. The second-order valence-corrected chi connectivity index (χ2v) is 3.61. The third-order valence-corrected chi connectivity index (χ3v) is 2.22. The highest BCUT2D eigenvalue weighted by molar-refractivity contribution is 6.27. The molecule has 7 heteroatoms. The lowest BCUT2D eigenvalue weighted by Gasteiger charge is -2.10. The van der Waals surface area contributed by atoms with Crippen molar-refractivity contribution >= 4 is 17.8 Å². The fourth-order valence-corrected chi connectivity index (χ4v) is 1.44. The van der Waals surface area contributed by atoms with Gasteiger partial charge in [-0.3, -0.25) is 0 Å². The Labute approximate surface area is 97.6 Å². The third-order valence-electron chi connectivity index (χ3n) is 2.22. The molecule has 2 heterocycles. The van der Waals surface area contributed by atoms with E-state index in [0.717, 1.165) is 24.7 Å². The molecule has 0 bridgehead atoms. The van der Waals surface area contributed by atoms with Gasteiger partial charge in [0.1, 0.15) is 0 Å². The molecule has 17 heavy (non-hydrogen) atoms. The van der Waals surface area contributed by atoms with E-state index < -0.39 is 11.9 Å². The molecule has 0 saturated carbocycles.